The van der Waals surface area contributed by atoms with Crippen molar-refractivity contribution in [3.63, 3.8) is 0 Å². The van der Waals surface area contributed by atoms with Gasteiger partial charge in [0.05, 0.1) is 22.3 Å². The highest BCUT2D eigenvalue weighted by Gasteiger charge is 2.08. The van der Waals surface area contributed by atoms with Crippen molar-refractivity contribution in [1.82, 2.24) is 4.98 Å². The van der Waals surface area contributed by atoms with Gasteiger partial charge in [-0.15, -0.1) is 0 Å². The number of rotatable bonds is 2. The molecule has 2 rings (SSSR count). The van der Waals surface area contributed by atoms with Crippen molar-refractivity contribution < 1.29 is 0 Å². The molecule has 0 aliphatic heterocycles. The molecule has 4 heteroatoms. The van der Waals surface area contributed by atoms with E-state index in [2.05, 4.69) is 11.1 Å². The number of benzene rings is 1. The van der Waals surface area contributed by atoms with Gasteiger partial charge in [-0.3, -0.25) is 4.98 Å². The van der Waals surface area contributed by atoms with Crippen molar-refractivity contribution in [2.45, 2.75) is 0 Å². The summed E-state index contributed by atoms with van der Waals surface area (Å²) in [5.41, 5.74) is 2.40. The monoisotopic (exact) mass is 243 g/mol. The van der Waals surface area contributed by atoms with E-state index in [9.17, 15) is 0 Å². The second-order valence-corrected chi connectivity index (χ2v) is 3.96. The van der Waals surface area contributed by atoms with Crippen LogP contribution in [0.1, 0.15) is 5.56 Å². The van der Waals surface area contributed by atoms with Gasteiger partial charge in [-0.25, -0.2) is 0 Å². The molecule has 0 fully saturated rings. The van der Waals surface area contributed by atoms with Gasteiger partial charge in [-0.2, -0.15) is 5.26 Å². The maximum Gasteiger partial charge on any atom is 0.0992 e. The summed E-state index contributed by atoms with van der Waals surface area (Å²) in [6.45, 7) is 0. The first-order chi connectivity index (χ1) is 8.22. The number of hydrogen-bond donors (Lipinski definition) is 0. The van der Waals surface area contributed by atoms with Crippen LogP contribution in [0.2, 0.25) is 5.02 Å². The lowest BCUT2D eigenvalue weighted by Crippen LogP contribution is -2.10. The molecule has 1 aromatic heterocycles. The number of hydrogen-bond acceptors (Lipinski definition) is 3. The molecule has 0 bridgehead atoms. The quantitative estimate of drug-likeness (QED) is 0.812. The van der Waals surface area contributed by atoms with E-state index < -0.39 is 0 Å². The van der Waals surface area contributed by atoms with E-state index in [-0.39, 0.29) is 0 Å². The van der Waals surface area contributed by atoms with Gasteiger partial charge in [0.1, 0.15) is 0 Å². The van der Waals surface area contributed by atoms with Crippen LogP contribution in [0.3, 0.4) is 0 Å². The molecule has 0 atom stereocenters. The Kier molecular flexibility index (Phi) is 3.27. The van der Waals surface area contributed by atoms with Crippen LogP contribution in [0.5, 0.6) is 0 Å². The predicted octanol–water partition coefficient (Wildman–Crippen LogP) is 3.37. The Morgan fingerprint density at radius 3 is 2.88 bits per heavy atom. The van der Waals surface area contributed by atoms with Crippen LogP contribution in [0.15, 0.2) is 42.7 Å². The van der Waals surface area contributed by atoms with E-state index in [1.807, 2.05) is 36.2 Å². The first-order valence-corrected chi connectivity index (χ1v) is 5.43. The Morgan fingerprint density at radius 2 is 2.18 bits per heavy atom. The summed E-state index contributed by atoms with van der Waals surface area (Å²) in [6.07, 6.45) is 3.29. The SMILES string of the molecule is CN(c1cccc(C#N)c1)c1ccncc1Cl. The highest BCUT2D eigenvalue weighted by molar-refractivity contribution is 6.33. The molecule has 0 aliphatic rings. The molecule has 0 spiro atoms. The molecule has 3 nitrogen and oxygen atoms in total. The van der Waals surface area contributed by atoms with Gasteiger partial charge in [0, 0.05) is 25.1 Å². The molecule has 2 aromatic rings. The lowest BCUT2D eigenvalue weighted by Gasteiger charge is -2.20. The molecular weight excluding hydrogens is 234 g/mol. The summed E-state index contributed by atoms with van der Waals surface area (Å²) in [7, 11) is 1.90. The minimum absolute atomic E-state index is 0.581. The molecule has 0 unspecified atom stereocenters. The largest absolute Gasteiger partial charge is 0.343 e. The molecular formula is C13H10ClN3. The Morgan fingerprint density at radius 1 is 1.35 bits per heavy atom. The van der Waals surface area contributed by atoms with Gasteiger partial charge in [-0.1, -0.05) is 17.7 Å². The van der Waals surface area contributed by atoms with Gasteiger partial charge in [0.2, 0.25) is 0 Å². The van der Waals surface area contributed by atoms with E-state index in [4.69, 9.17) is 16.9 Å². The van der Waals surface area contributed by atoms with Crippen LogP contribution in [0.4, 0.5) is 11.4 Å². The molecule has 0 aliphatic carbocycles. The summed E-state index contributed by atoms with van der Waals surface area (Å²) in [4.78, 5) is 5.87. The summed E-state index contributed by atoms with van der Waals surface area (Å²) in [5, 5.41) is 9.45. The summed E-state index contributed by atoms with van der Waals surface area (Å²) >= 11 is 6.07. The first-order valence-electron chi connectivity index (χ1n) is 5.06. The maximum atomic E-state index is 8.86. The number of nitrogens with zero attached hydrogens (tertiary/aromatic N) is 3. The van der Waals surface area contributed by atoms with E-state index >= 15 is 0 Å². The number of halogens is 1. The zero-order valence-electron chi connectivity index (χ0n) is 9.26. The van der Waals surface area contributed by atoms with Gasteiger partial charge in [0.25, 0.3) is 0 Å². The van der Waals surface area contributed by atoms with Crippen molar-refractivity contribution in [3.8, 4) is 6.07 Å². The highest BCUT2D eigenvalue weighted by Crippen LogP contribution is 2.29. The standard InChI is InChI=1S/C13H10ClN3/c1-17(13-5-6-16-9-12(13)14)11-4-2-3-10(7-11)8-15/h2-7,9H,1H3. The lowest BCUT2D eigenvalue weighted by molar-refractivity contribution is 1.18. The van der Waals surface area contributed by atoms with Crippen LogP contribution < -0.4 is 4.90 Å². The fourth-order valence-electron chi connectivity index (χ4n) is 1.56. The molecule has 0 N–H and O–H groups in total. The Labute approximate surface area is 105 Å². The first kappa shape index (κ1) is 11.4. The molecule has 0 radical (unpaired) electrons. The average Bonchev–Trinajstić information content (AvgIpc) is 2.38. The maximum absolute atomic E-state index is 8.86. The third-order valence-corrected chi connectivity index (χ3v) is 2.77. The van der Waals surface area contributed by atoms with Gasteiger partial charge < -0.3 is 4.90 Å². The molecule has 0 saturated carbocycles. The molecule has 84 valence electrons. The smallest absolute Gasteiger partial charge is 0.0992 e. The Bertz CT molecular complexity index is 575. The summed E-state index contributed by atoms with van der Waals surface area (Å²) in [6, 6.07) is 11.3. The fraction of sp³-hybridized carbons (Fsp3) is 0.0769. The average molecular weight is 244 g/mol. The molecule has 1 heterocycles. The topological polar surface area (TPSA) is 39.9 Å². The molecule has 0 saturated heterocycles. The number of nitriles is 1. The fourth-order valence-corrected chi connectivity index (χ4v) is 1.81. The van der Waals surface area contributed by atoms with Crippen LogP contribution >= 0.6 is 11.6 Å². The number of aromatic nitrogens is 1. The van der Waals surface area contributed by atoms with Crippen molar-refractivity contribution in [2.75, 3.05) is 11.9 Å². The second-order valence-electron chi connectivity index (χ2n) is 3.55. The Hall–Kier alpha value is -2.05. The number of pyridine rings is 1. The minimum Gasteiger partial charge on any atom is -0.343 e. The highest BCUT2D eigenvalue weighted by atomic mass is 35.5. The number of anilines is 2. The van der Waals surface area contributed by atoms with Crippen LogP contribution in [-0.2, 0) is 0 Å². The van der Waals surface area contributed by atoms with Gasteiger partial charge >= 0.3 is 0 Å². The van der Waals surface area contributed by atoms with E-state index in [0.29, 0.717) is 10.6 Å². The van der Waals surface area contributed by atoms with E-state index in [1.165, 1.54) is 0 Å². The zero-order valence-corrected chi connectivity index (χ0v) is 10.0. The lowest BCUT2D eigenvalue weighted by atomic mass is 10.2. The third-order valence-electron chi connectivity index (χ3n) is 2.47. The molecule has 1 aromatic carbocycles. The molecule has 0 amide bonds. The van der Waals surface area contributed by atoms with Crippen molar-refractivity contribution >= 4 is 23.0 Å². The van der Waals surface area contributed by atoms with Crippen molar-refractivity contribution in [1.29, 1.82) is 5.26 Å². The van der Waals surface area contributed by atoms with Crippen LogP contribution in [0, 0.1) is 11.3 Å². The third kappa shape index (κ3) is 2.38. The summed E-state index contributed by atoms with van der Waals surface area (Å²) < 4.78 is 0. The van der Waals surface area contributed by atoms with Gasteiger partial charge in [0.15, 0.2) is 0 Å². The van der Waals surface area contributed by atoms with Crippen molar-refractivity contribution in [2.24, 2.45) is 0 Å². The van der Waals surface area contributed by atoms with E-state index in [1.54, 1.807) is 18.5 Å². The second kappa shape index (κ2) is 4.86. The predicted molar refractivity (Wildman–Crippen MR) is 68.5 cm³/mol. The van der Waals surface area contributed by atoms with Crippen LogP contribution in [0.25, 0.3) is 0 Å². The zero-order chi connectivity index (χ0) is 12.3. The summed E-state index contributed by atoms with van der Waals surface area (Å²) in [5.74, 6) is 0. The van der Waals surface area contributed by atoms with E-state index in [0.717, 1.165) is 11.4 Å². The van der Waals surface area contributed by atoms with Gasteiger partial charge in [-0.05, 0) is 24.3 Å². The van der Waals surface area contributed by atoms with Crippen molar-refractivity contribution in [3.05, 3.63) is 53.3 Å². The normalized spacial score (nSPS) is 9.71. The minimum atomic E-state index is 0.581. The Balaban J connectivity index is 2.41. The molecule has 17 heavy (non-hydrogen) atoms. The van der Waals surface area contributed by atoms with Crippen LogP contribution in [-0.4, -0.2) is 12.0 Å².